The van der Waals surface area contributed by atoms with Crippen LogP contribution in [0.2, 0.25) is 5.28 Å². The molecule has 2 aromatic rings. The van der Waals surface area contributed by atoms with Crippen molar-refractivity contribution >= 4 is 17.5 Å². The Balaban J connectivity index is 1.86. The Morgan fingerprint density at radius 1 is 1.21 bits per heavy atom. The molecule has 0 spiro atoms. The highest BCUT2D eigenvalue weighted by atomic mass is 35.5. The number of rotatable bonds is 3. The number of halogens is 1. The number of anilines is 1. The van der Waals surface area contributed by atoms with Crippen LogP contribution < -0.4 is 19.5 Å². The Bertz CT molecular complexity index is 623. The van der Waals surface area contributed by atoms with Gasteiger partial charge in [0.15, 0.2) is 11.5 Å². The van der Waals surface area contributed by atoms with Crippen LogP contribution in [0.4, 0.5) is 5.95 Å². The molecule has 1 aliphatic rings. The van der Waals surface area contributed by atoms with E-state index in [1.165, 1.54) is 0 Å². The standard InChI is InChI=1S/C11H9ClN4O3/c1-13-10-14-9(12)15-11(16-10)19-6-2-3-7-8(4-6)18-5-17-7/h2-4H,5H2,1H3,(H,13,14,15,16). The number of hydrogen-bond acceptors (Lipinski definition) is 7. The summed E-state index contributed by atoms with van der Waals surface area (Å²) in [5, 5.41) is 2.82. The lowest BCUT2D eigenvalue weighted by Gasteiger charge is -2.06. The maximum Gasteiger partial charge on any atom is 0.328 e. The second-order valence-corrected chi connectivity index (χ2v) is 3.92. The quantitative estimate of drug-likeness (QED) is 0.922. The minimum atomic E-state index is 0.0510. The van der Waals surface area contributed by atoms with Crippen molar-refractivity contribution in [2.75, 3.05) is 19.2 Å². The number of ether oxygens (including phenoxy) is 3. The molecule has 0 atom stereocenters. The van der Waals surface area contributed by atoms with E-state index in [2.05, 4.69) is 20.3 Å². The molecular weight excluding hydrogens is 272 g/mol. The van der Waals surface area contributed by atoms with E-state index in [1.807, 2.05) is 0 Å². The van der Waals surface area contributed by atoms with Crippen LogP contribution in [0.25, 0.3) is 0 Å². The first kappa shape index (κ1) is 11.8. The number of fused-ring (bicyclic) bond motifs is 1. The fraction of sp³-hybridized carbons (Fsp3) is 0.182. The predicted molar refractivity (Wildman–Crippen MR) is 67.0 cm³/mol. The van der Waals surface area contributed by atoms with Gasteiger partial charge in [-0.3, -0.25) is 0 Å². The van der Waals surface area contributed by atoms with Crippen LogP contribution in [0.3, 0.4) is 0 Å². The largest absolute Gasteiger partial charge is 0.454 e. The summed E-state index contributed by atoms with van der Waals surface area (Å²) in [7, 11) is 1.68. The molecule has 0 bridgehead atoms. The molecule has 0 unspecified atom stereocenters. The first-order valence-corrected chi connectivity index (χ1v) is 5.79. The van der Waals surface area contributed by atoms with Crippen molar-refractivity contribution in [1.82, 2.24) is 15.0 Å². The Hall–Kier alpha value is -2.28. The Morgan fingerprint density at radius 2 is 2.05 bits per heavy atom. The molecule has 1 aromatic heterocycles. The number of nitrogens with zero attached hydrogens (tertiary/aromatic N) is 3. The minimum Gasteiger partial charge on any atom is -0.454 e. The van der Waals surface area contributed by atoms with E-state index in [9.17, 15) is 0 Å². The van der Waals surface area contributed by atoms with Crippen LogP contribution in [-0.4, -0.2) is 28.8 Å². The maximum absolute atomic E-state index is 5.76. The molecule has 0 fully saturated rings. The van der Waals surface area contributed by atoms with Gasteiger partial charge in [0.25, 0.3) is 0 Å². The monoisotopic (exact) mass is 280 g/mol. The Morgan fingerprint density at radius 3 is 2.89 bits per heavy atom. The molecule has 0 aliphatic carbocycles. The summed E-state index contributed by atoms with van der Waals surface area (Å²) >= 11 is 5.76. The Labute approximate surface area is 113 Å². The highest BCUT2D eigenvalue weighted by Crippen LogP contribution is 2.36. The lowest BCUT2D eigenvalue weighted by atomic mass is 10.3. The highest BCUT2D eigenvalue weighted by molar-refractivity contribution is 6.28. The van der Waals surface area contributed by atoms with E-state index in [1.54, 1.807) is 25.2 Å². The third-order valence-corrected chi connectivity index (χ3v) is 2.53. The SMILES string of the molecule is CNc1nc(Cl)nc(Oc2ccc3c(c2)OCO3)n1. The molecule has 0 amide bonds. The van der Waals surface area contributed by atoms with Gasteiger partial charge < -0.3 is 19.5 Å². The van der Waals surface area contributed by atoms with E-state index in [4.69, 9.17) is 25.8 Å². The second kappa shape index (κ2) is 4.77. The van der Waals surface area contributed by atoms with Gasteiger partial charge in [0.05, 0.1) is 0 Å². The highest BCUT2D eigenvalue weighted by Gasteiger charge is 2.15. The smallest absolute Gasteiger partial charge is 0.328 e. The van der Waals surface area contributed by atoms with Gasteiger partial charge in [-0.2, -0.15) is 15.0 Å². The predicted octanol–water partition coefficient (Wildman–Crippen LogP) is 2.09. The summed E-state index contributed by atoms with van der Waals surface area (Å²) in [4.78, 5) is 11.8. The van der Waals surface area contributed by atoms with Crippen LogP contribution >= 0.6 is 11.6 Å². The molecule has 0 saturated carbocycles. The molecule has 7 nitrogen and oxygen atoms in total. The van der Waals surface area contributed by atoms with E-state index in [-0.39, 0.29) is 18.1 Å². The molecule has 2 heterocycles. The molecule has 3 rings (SSSR count). The molecule has 98 valence electrons. The molecule has 1 aliphatic heterocycles. The molecule has 19 heavy (non-hydrogen) atoms. The van der Waals surface area contributed by atoms with Crippen molar-refractivity contribution in [3.63, 3.8) is 0 Å². The fourth-order valence-electron chi connectivity index (χ4n) is 1.54. The van der Waals surface area contributed by atoms with Crippen molar-refractivity contribution in [2.45, 2.75) is 0 Å². The van der Waals surface area contributed by atoms with Gasteiger partial charge in [-0.05, 0) is 23.7 Å². The number of nitrogens with one attached hydrogen (secondary N) is 1. The van der Waals surface area contributed by atoms with Crippen LogP contribution in [-0.2, 0) is 0 Å². The third-order valence-electron chi connectivity index (χ3n) is 2.36. The van der Waals surface area contributed by atoms with Gasteiger partial charge >= 0.3 is 6.01 Å². The zero-order valence-electron chi connectivity index (χ0n) is 9.88. The van der Waals surface area contributed by atoms with E-state index >= 15 is 0 Å². The van der Waals surface area contributed by atoms with Crippen molar-refractivity contribution < 1.29 is 14.2 Å². The molecule has 1 aromatic carbocycles. The van der Waals surface area contributed by atoms with Crippen molar-refractivity contribution in [1.29, 1.82) is 0 Å². The molecule has 0 radical (unpaired) electrons. The summed E-state index contributed by atoms with van der Waals surface area (Å²) < 4.78 is 16.0. The minimum absolute atomic E-state index is 0.0510. The van der Waals surface area contributed by atoms with Crippen molar-refractivity contribution in [3.8, 4) is 23.3 Å². The Kier molecular flexibility index (Phi) is 2.96. The first-order chi connectivity index (χ1) is 9.24. The van der Waals surface area contributed by atoms with Crippen molar-refractivity contribution in [2.24, 2.45) is 0 Å². The summed E-state index contributed by atoms with van der Waals surface area (Å²) in [6.45, 7) is 0.209. The lowest BCUT2D eigenvalue weighted by molar-refractivity contribution is 0.174. The number of benzene rings is 1. The van der Waals surface area contributed by atoms with Crippen LogP contribution in [0.5, 0.6) is 23.3 Å². The first-order valence-electron chi connectivity index (χ1n) is 5.41. The van der Waals surface area contributed by atoms with E-state index in [0.717, 1.165) is 0 Å². The zero-order valence-corrected chi connectivity index (χ0v) is 10.6. The normalized spacial score (nSPS) is 12.3. The average molecular weight is 281 g/mol. The molecule has 1 N–H and O–H groups in total. The van der Waals surface area contributed by atoms with Crippen molar-refractivity contribution in [3.05, 3.63) is 23.5 Å². The summed E-state index contributed by atoms with van der Waals surface area (Å²) in [5.41, 5.74) is 0. The van der Waals surface area contributed by atoms with Crippen LogP contribution in [0, 0.1) is 0 Å². The van der Waals surface area contributed by atoms with Crippen LogP contribution in [0.1, 0.15) is 0 Å². The summed E-state index contributed by atoms with van der Waals surface area (Å²) in [6, 6.07) is 5.27. The van der Waals surface area contributed by atoms with Gasteiger partial charge in [0.2, 0.25) is 18.0 Å². The summed E-state index contributed by atoms with van der Waals surface area (Å²) in [6.07, 6.45) is 0. The van der Waals surface area contributed by atoms with Gasteiger partial charge in [0.1, 0.15) is 5.75 Å². The van der Waals surface area contributed by atoms with Gasteiger partial charge in [-0.1, -0.05) is 0 Å². The molecule has 8 heteroatoms. The van der Waals surface area contributed by atoms with E-state index < -0.39 is 0 Å². The number of hydrogen-bond donors (Lipinski definition) is 1. The lowest BCUT2D eigenvalue weighted by Crippen LogP contribution is -2.01. The zero-order chi connectivity index (χ0) is 13.2. The van der Waals surface area contributed by atoms with E-state index in [0.29, 0.717) is 23.2 Å². The summed E-state index contributed by atoms with van der Waals surface area (Å²) in [5.74, 6) is 2.15. The molecule has 0 saturated heterocycles. The molecular formula is C11H9ClN4O3. The number of aromatic nitrogens is 3. The van der Waals surface area contributed by atoms with Gasteiger partial charge in [-0.25, -0.2) is 0 Å². The van der Waals surface area contributed by atoms with Crippen LogP contribution in [0.15, 0.2) is 18.2 Å². The van der Waals surface area contributed by atoms with Gasteiger partial charge in [0, 0.05) is 13.1 Å². The maximum atomic E-state index is 5.76. The average Bonchev–Trinajstić information content (AvgIpc) is 2.85. The second-order valence-electron chi connectivity index (χ2n) is 3.58. The third kappa shape index (κ3) is 2.45. The topological polar surface area (TPSA) is 78.4 Å². The van der Waals surface area contributed by atoms with Gasteiger partial charge in [-0.15, -0.1) is 0 Å². The fourth-order valence-corrected chi connectivity index (χ4v) is 1.69.